The molecule has 0 aliphatic rings. The molecule has 1 aromatic carbocycles. The molecule has 18 heavy (non-hydrogen) atoms. The number of fused-ring (bicyclic) bond motifs is 1. The number of benzene rings is 1. The molecular weight excluding hydrogens is 232 g/mol. The van der Waals surface area contributed by atoms with E-state index in [0.717, 1.165) is 12.2 Å². The van der Waals surface area contributed by atoms with Crippen LogP contribution < -0.4 is 16.8 Å². The molecule has 1 aromatic heterocycles. The summed E-state index contributed by atoms with van der Waals surface area (Å²) in [6.45, 7) is 2.96. The van der Waals surface area contributed by atoms with E-state index in [1.165, 1.54) is 0 Å². The molecule has 0 radical (unpaired) electrons. The Morgan fingerprint density at radius 2 is 2.22 bits per heavy atom. The first-order valence-electron chi connectivity index (χ1n) is 5.79. The number of likely N-dealkylation sites (N-methyl/N-ethyl adjacent to an activating group) is 1. The van der Waals surface area contributed by atoms with Gasteiger partial charge in [0.15, 0.2) is 5.58 Å². The molecule has 1 heterocycles. The maximum atomic E-state index is 11.1. The summed E-state index contributed by atoms with van der Waals surface area (Å²) in [6.07, 6.45) is 0. The van der Waals surface area contributed by atoms with E-state index in [0.29, 0.717) is 16.8 Å². The molecule has 0 aliphatic carbocycles. The molecule has 0 bridgehead atoms. The van der Waals surface area contributed by atoms with Crippen LogP contribution in [0.1, 0.15) is 6.92 Å². The number of rotatable bonds is 4. The summed E-state index contributed by atoms with van der Waals surface area (Å²) in [4.78, 5) is 15.8. The van der Waals surface area contributed by atoms with Gasteiger partial charge >= 0.3 is 5.76 Å². The van der Waals surface area contributed by atoms with Crippen molar-refractivity contribution in [3.8, 4) is 0 Å². The fraction of sp³-hybridized carbons (Fsp3) is 0.417. The summed E-state index contributed by atoms with van der Waals surface area (Å²) < 4.78 is 4.95. The molecule has 6 nitrogen and oxygen atoms in total. The molecular formula is C12H18N4O2. The Bertz CT molecular complexity index is 600. The van der Waals surface area contributed by atoms with Gasteiger partial charge in [0.1, 0.15) is 0 Å². The summed E-state index contributed by atoms with van der Waals surface area (Å²) in [5.74, 6) is -0.470. The Balaban J connectivity index is 2.27. The van der Waals surface area contributed by atoms with Crippen LogP contribution in [0, 0.1) is 0 Å². The van der Waals surface area contributed by atoms with Crippen molar-refractivity contribution in [2.45, 2.75) is 13.0 Å². The van der Waals surface area contributed by atoms with Crippen LogP contribution in [0.4, 0.5) is 11.4 Å². The topological polar surface area (TPSA) is 87.3 Å². The van der Waals surface area contributed by atoms with Crippen molar-refractivity contribution in [1.82, 2.24) is 9.88 Å². The Labute approximate surface area is 105 Å². The first kappa shape index (κ1) is 12.5. The highest BCUT2D eigenvalue weighted by Crippen LogP contribution is 2.24. The number of H-pyrrole nitrogens is 1. The third-order valence-electron chi connectivity index (χ3n) is 2.63. The van der Waals surface area contributed by atoms with Gasteiger partial charge in [-0.3, -0.25) is 4.98 Å². The van der Waals surface area contributed by atoms with E-state index in [2.05, 4.69) is 22.1 Å². The number of aromatic nitrogens is 1. The first-order chi connectivity index (χ1) is 8.45. The summed E-state index contributed by atoms with van der Waals surface area (Å²) in [5.41, 5.74) is 8.41. The Kier molecular flexibility index (Phi) is 3.29. The molecule has 2 aromatic rings. The van der Waals surface area contributed by atoms with Crippen LogP contribution >= 0.6 is 0 Å². The van der Waals surface area contributed by atoms with Crippen molar-refractivity contribution < 1.29 is 4.42 Å². The maximum Gasteiger partial charge on any atom is 0.417 e. The zero-order valence-corrected chi connectivity index (χ0v) is 10.8. The minimum Gasteiger partial charge on any atom is -0.408 e. The zero-order chi connectivity index (χ0) is 13.3. The van der Waals surface area contributed by atoms with E-state index >= 15 is 0 Å². The van der Waals surface area contributed by atoms with Crippen LogP contribution in [0.3, 0.4) is 0 Å². The van der Waals surface area contributed by atoms with E-state index < -0.39 is 5.76 Å². The van der Waals surface area contributed by atoms with Crippen molar-refractivity contribution >= 4 is 22.5 Å². The number of nitrogens with zero attached hydrogens (tertiary/aromatic N) is 1. The molecule has 0 fully saturated rings. The number of aromatic amines is 1. The van der Waals surface area contributed by atoms with Crippen molar-refractivity contribution in [3.05, 3.63) is 22.7 Å². The fourth-order valence-corrected chi connectivity index (χ4v) is 2.00. The maximum absolute atomic E-state index is 11.1. The average molecular weight is 250 g/mol. The number of hydrogen-bond acceptors (Lipinski definition) is 5. The largest absolute Gasteiger partial charge is 0.417 e. The Morgan fingerprint density at radius 1 is 1.50 bits per heavy atom. The van der Waals surface area contributed by atoms with E-state index in [-0.39, 0.29) is 6.04 Å². The van der Waals surface area contributed by atoms with Crippen molar-refractivity contribution in [2.24, 2.45) is 0 Å². The van der Waals surface area contributed by atoms with Gasteiger partial charge < -0.3 is 20.4 Å². The van der Waals surface area contributed by atoms with Gasteiger partial charge in [0.2, 0.25) is 0 Å². The molecule has 0 aliphatic heterocycles. The summed E-state index contributed by atoms with van der Waals surface area (Å²) in [7, 11) is 4.02. The molecule has 1 atom stereocenters. The lowest BCUT2D eigenvalue weighted by molar-refractivity contribution is 0.392. The van der Waals surface area contributed by atoms with Crippen LogP contribution in [0.15, 0.2) is 21.3 Å². The number of nitrogens with one attached hydrogen (secondary N) is 2. The average Bonchev–Trinajstić information content (AvgIpc) is 2.56. The van der Waals surface area contributed by atoms with Gasteiger partial charge in [-0.1, -0.05) is 0 Å². The number of anilines is 2. The van der Waals surface area contributed by atoms with Crippen LogP contribution in [0.2, 0.25) is 0 Å². The normalized spacial score (nSPS) is 13.1. The molecule has 0 spiro atoms. The second kappa shape index (κ2) is 4.73. The van der Waals surface area contributed by atoms with Gasteiger partial charge in [-0.15, -0.1) is 0 Å². The third kappa shape index (κ3) is 2.65. The molecule has 0 saturated carbocycles. The Morgan fingerprint density at radius 3 is 2.89 bits per heavy atom. The minimum absolute atomic E-state index is 0.248. The second-order valence-electron chi connectivity index (χ2n) is 4.76. The monoisotopic (exact) mass is 250 g/mol. The predicted octanol–water partition coefficient (Wildman–Crippen LogP) is 1.07. The lowest BCUT2D eigenvalue weighted by Gasteiger charge is -2.20. The lowest BCUT2D eigenvalue weighted by Crippen LogP contribution is -2.29. The highest BCUT2D eigenvalue weighted by atomic mass is 16.4. The van der Waals surface area contributed by atoms with Crippen molar-refractivity contribution in [3.63, 3.8) is 0 Å². The molecule has 0 amide bonds. The number of hydrogen-bond donors (Lipinski definition) is 3. The molecule has 4 N–H and O–H groups in total. The van der Waals surface area contributed by atoms with Crippen LogP contribution in [0.5, 0.6) is 0 Å². The molecule has 1 unspecified atom stereocenters. The standard InChI is InChI=1S/C12H18N4O2/c1-7(6-16(2)3)14-9-5-10-11(4-8(9)13)18-12(17)15-10/h4-5,7,14H,6,13H2,1-3H3,(H,15,17). The van der Waals surface area contributed by atoms with E-state index in [1.54, 1.807) is 12.1 Å². The van der Waals surface area contributed by atoms with E-state index in [4.69, 9.17) is 10.2 Å². The smallest absolute Gasteiger partial charge is 0.408 e. The van der Waals surface area contributed by atoms with Gasteiger partial charge in [-0.25, -0.2) is 4.79 Å². The van der Waals surface area contributed by atoms with Crippen LogP contribution in [-0.2, 0) is 0 Å². The fourth-order valence-electron chi connectivity index (χ4n) is 2.00. The van der Waals surface area contributed by atoms with Crippen molar-refractivity contribution in [2.75, 3.05) is 31.7 Å². The summed E-state index contributed by atoms with van der Waals surface area (Å²) in [6, 6.07) is 3.69. The highest BCUT2D eigenvalue weighted by Gasteiger charge is 2.09. The molecule has 2 rings (SSSR count). The predicted molar refractivity (Wildman–Crippen MR) is 72.9 cm³/mol. The van der Waals surface area contributed by atoms with Gasteiger partial charge in [-0.2, -0.15) is 0 Å². The van der Waals surface area contributed by atoms with Gasteiger partial charge in [0.05, 0.1) is 16.9 Å². The van der Waals surface area contributed by atoms with Crippen LogP contribution in [-0.4, -0.2) is 36.6 Å². The summed E-state index contributed by atoms with van der Waals surface area (Å²) in [5, 5.41) is 3.31. The summed E-state index contributed by atoms with van der Waals surface area (Å²) >= 11 is 0. The van der Waals surface area contributed by atoms with Crippen molar-refractivity contribution in [1.29, 1.82) is 0 Å². The van der Waals surface area contributed by atoms with Gasteiger partial charge in [0.25, 0.3) is 0 Å². The van der Waals surface area contributed by atoms with E-state index in [1.807, 2.05) is 14.1 Å². The Hall–Kier alpha value is -1.95. The second-order valence-corrected chi connectivity index (χ2v) is 4.76. The van der Waals surface area contributed by atoms with Crippen LogP contribution in [0.25, 0.3) is 11.1 Å². The number of oxazole rings is 1. The van der Waals surface area contributed by atoms with Gasteiger partial charge in [-0.05, 0) is 27.1 Å². The third-order valence-corrected chi connectivity index (χ3v) is 2.63. The SMILES string of the molecule is CC(CN(C)C)Nc1cc2[nH]c(=O)oc2cc1N. The van der Waals surface area contributed by atoms with E-state index in [9.17, 15) is 4.79 Å². The lowest BCUT2D eigenvalue weighted by atomic mass is 10.2. The minimum atomic E-state index is -0.470. The zero-order valence-electron chi connectivity index (χ0n) is 10.8. The number of nitrogen functional groups attached to an aromatic ring is 1. The highest BCUT2D eigenvalue weighted by molar-refractivity contribution is 5.85. The van der Waals surface area contributed by atoms with Gasteiger partial charge in [0, 0.05) is 18.7 Å². The molecule has 0 saturated heterocycles. The molecule has 98 valence electrons. The molecule has 6 heteroatoms. The first-order valence-corrected chi connectivity index (χ1v) is 5.79. The quantitative estimate of drug-likeness (QED) is 0.706. The number of nitrogens with two attached hydrogens (primary N) is 1.